The lowest BCUT2D eigenvalue weighted by molar-refractivity contribution is 0.897. The van der Waals surface area contributed by atoms with Gasteiger partial charge in [0.05, 0.1) is 11.9 Å². The summed E-state index contributed by atoms with van der Waals surface area (Å²) >= 11 is 0. The highest BCUT2D eigenvalue weighted by Crippen LogP contribution is 2.13. The van der Waals surface area contributed by atoms with Gasteiger partial charge in [-0.15, -0.1) is 0 Å². The average Bonchev–Trinajstić information content (AvgIpc) is 1.96. The van der Waals surface area contributed by atoms with Gasteiger partial charge in [0.25, 0.3) is 0 Å². The van der Waals surface area contributed by atoms with Gasteiger partial charge in [-0.25, -0.2) is 4.98 Å². The van der Waals surface area contributed by atoms with Crippen LogP contribution in [0.3, 0.4) is 0 Å². The van der Waals surface area contributed by atoms with E-state index in [0.717, 1.165) is 11.3 Å². The first-order valence-corrected chi connectivity index (χ1v) is 4.08. The van der Waals surface area contributed by atoms with E-state index in [2.05, 4.69) is 24.1 Å². The topological polar surface area (TPSA) is 50.9 Å². The molecule has 0 atom stereocenters. The third kappa shape index (κ3) is 2.12. The first-order chi connectivity index (χ1) is 5.59. The Bertz CT molecular complexity index is 268. The van der Waals surface area contributed by atoms with Crippen LogP contribution in [0.4, 0.5) is 11.5 Å². The molecule has 3 heteroatoms. The van der Waals surface area contributed by atoms with Crippen molar-refractivity contribution in [1.29, 1.82) is 0 Å². The lowest BCUT2D eigenvalue weighted by Crippen LogP contribution is -2.10. The molecule has 0 aliphatic carbocycles. The number of anilines is 2. The van der Waals surface area contributed by atoms with Crippen molar-refractivity contribution >= 4 is 11.5 Å². The molecule has 0 amide bonds. The van der Waals surface area contributed by atoms with E-state index in [1.807, 2.05) is 13.0 Å². The van der Waals surface area contributed by atoms with Crippen molar-refractivity contribution in [2.24, 2.45) is 0 Å². The van der Waals surface area contributed by atoms with Crippen molar-refractivity contribution in [1.82, 2.24) is 4.98 Å². The molecule has 0 fully saturated rings. The van der Waals surface area contributed by atoms with E-state index in [1.54, 1.807) is 6.20 Å². The first kappa shape index (κ1) is 8.84. The third-order valence-electron chi connectivity index (χ3n) is 1.57. The summed E-state index contributed by atoms with van der Waals surface area (Å²) in [5.74, 6) is 0.601. The van der Waals surface area contributed by atoms with E-state index in [4.69, 9.17) is 5.73 Å². The van der Waals surface area contributed by atoms with Crippen LogP contribution in [0.5, 0.6) is 0 Å². The number of hydrogen-bond acceptors (Lipinski definition) is 3. The molecule has 1 heterocycles. The van der Waals surface area contributed by atoms with Gasteiger partial charge in [0.15, 0.2) is 0 Å². The number of nitrogens with zero attached hydrogens (tertiary/aromatic N) is 1. The first-order valence-electron chi connectivity index (χ1n) is 4.08. The molecule has 0 aliphatic heterocycles. The summed E-state index contributed by atoms with van der Waals surface area (Å²) in [6, 6.07) is 2.43. The van der Waals surface area contributed by atoms with Crippen molar-refractivity contribution in [2.45, 2.75) is 26.8 Å². The molecule has 0 unspecified atom stereocenters. The summed E-state index contributed by atoms with van der Waals surface area (Å²) in [5.41, 5.74) is 7.62. The highest BCUT2D eigenvalue weighted by Gasteiger charge is 1.98. The normalized spacial score (nSPS) is 10.3. The molecule has 3 nitrogen and oxygen atoms in total. The van der Waals surface area contributed by atoms with Crippen molar-refractivity contribution in [3.05, 3.63) is 17.8 Å². The lowest BCUT2D eigenvalue weighted by Gasteiger charge is -2.10. The maximum Gasteiger partial charge on any atom is 0.126 e. The van der Waals surface area contributed by atoms with Gasteiger partial charge in [0.2, 0.25) is 0 Å². The van der Waals surface area contributed by atoms with Crippen LogP contribution in [0.25, 0.3) is 0 Å². The molecule has 0 bridgehead atoms. The highest BCUT2D eigenvalue weighted by atomic mass is 14.9. The van der Waals surface area contributed by atoms with E-state index in [9.17, 15) is 0 Å². The van der Waals surface area contributed by atoms with Gasteiger partial charge in [-0.05, 0) is 32.4 Å². The number of nitrogens with one attached hydrogen (secondary N) is 1. The van der Waals surface area contributed by atoms with Crippen LogP contribution in [0, 0.1) is 6.92 Å². The SMILES string of the molecule is Cc1cc(NC(C)C)cnc1N. The smallest absolute Gasteiger partial charge is 0.126 e. The zero-order valence-corrected chi connectivity index (χ0v) is 7.76. The number of pyridine rings is 1. The monoisotopic (exact) mass is 165 g/mol. The Labute approximate surface area is 73.0 Å². The summed E-state index contributed by atoms with van der Waals surface area (Å²) in [6.45, 7) is 6.13. The lowest BCUT2D eigenvalue weighted by atomic mass is 10.2. The molecule has 1 aromatic rings. The summed E-state index contributed by atoms with van der Waals surface area (Å²) in [7, 11) is 0. The summed E-state index contributed by atoms with van der Waals surface area (Å²) in [5, 5.41) is 3.25. The highest BCUT2D eigenvalue weighted by molar-refractivity contribution is 5.51. The van der Waals surface area contributed by atoms with Crippen molar-refractivity contribution in [3.8, 4) is 0 Å². The van der Waals surface area contributed by atoms with Gasteiger partial charge >= 0.3 is 0 Å². The van der Waals surface area contributed by atoms with E-state index in [1.165, 1.54) is 0 Å². The largest absolute Gasteiger partial charge is 0.383 e. The van der Waals surface area contributed by atoms with Gasteiger partial charge < -0.3 is 11.1 Å². The number of aryl methyl sites for hydroxylation is 1. The fraction of sp³-hybridized carbons (Fsp3) is 0.444. The minimum atomic E-state index is 0.426. The number of aromatic nitrogens is 1. The Morgan fingerprint density at radius 1 is 1.50 bits per heavy atom. The molecule has 66 valence electrons. The second-order valence-corrected chi connectivity index (χ2v) is 3.23. The van der Waals surface area contributed by atoms with Crippen LogP contribution in [-0.4, -0.2) is 11.0 Å². The maximum atomic E-state index is 5.58. The second kappa shape index (κ2) is 3.43. The van der Waals surface area contributed by atoms with E-state index in [-0.39, 0.29) is 0 Å². The fourth-order valence-electron chi connectivity index (χ4n) is 0.998. The molecule has 12 heavy (non-hydrogen) atoms. The second-order valence-electron chi connectivity index (χ2n) is 3.23. The molecule has 1 aromatic heterocycles. The van der Waals surface area contributed by atoms with Crippen LogP contribution in [0.1, 0.15) is 19.4 Å². The van der Waals surface area contributed by atoms with Gasteiger partial charge in [-0.3, -0.25) is 0 Å². The number of nitrogen functional groups attached to an aromatic ring is 1. The molecule has 1 rings (SSSR count). The Hall–Kier alpha value is -1.25. The van der Waals surface area contributed by atoms with E-state index in [0.29, 0.717) is 11.9 Å². The molecule has 0 aromatic carbocycles. The predicted octanol–water partition coefficient (Wildman–Crippen LogP) is 1.79. The van der Waals surface area contributed by atoms with Crippen molar-refractivity contribution in [3.63, 3.8) is 0 Å². The van der Waals surface area contributed by atoms with Gasteiger partial charge in [-0.2, -0.15) is 0 Å². The van der Waals surface area contributed by atoms with Crippen LogP contribution < -0.4 is 11.1 Å². The minimum Gasteiger partial charge on any atom is -0.383 e. The number of nitrogens with two attached hydrogens (primary N) is 1. The molecule has 0 aliphatic rings. The van der Waals surface area contributed by atoms with E-state index < -0.39 is 0 Å². The van der Waals surface area contributed by atoms with E-state index >= 15 is 0 Å². The van der Waals surface area contributed by atoms with Crippen LogP contribution in [-0.2, 0) is 0 Å². The predicted molar refractivity (Wildman–Crippen MR) is 52.1 cm³/mol. The number of rotatable bonds is 2. The zero-order chi connectivity index (χ0) is 9.14. The van der Waals surface area contributed by atoms with Crippen LogP contribution in [0.2, 0.25) is 0 Å². The molecular weight excluding hydrogens is 150 g/mol. The molecule has 0 saturated carbocycles. The maximum absolute atomic E-state index is 5.58. The summed E-state index contributed by atoms with van der Waals surface area (Å²) in [6.07, 6.45) is 1.75. The summed E-state index contributed by atoms with van der Waals surface area (Å²) in [4.78, 5) is 4.05. The Kier molecular flexibility index (Phi) is 2.53. The molecule has 0 spiro atoms. The van der Waals surface area contributed by atoms with Crippen molar-refractivity contribution in [2.75, 3.05) is 11.1 Å². The molecule has 3 N–H and O–H groups in total. The Morgan fingerprint density at radius 3 is 2.67 bits per heavy atom. The minimum absolute atomic E-state index is 0.426. The van der Waals surface area contributed by atoms with Crippen molar-refractivity contribution < 1.29 is 0 Å². The standard InChI is InChI=1S/C9H15N3/c1-6(2)12-8-4-7(3)9(10)11-5-8/h4-6,12H,1-3H3,(H2,10,11). The Balaban J connectivity index is 2.82. The Morgan fingerprint density at radius 2 is 2.17 bits per heavy atom. The van der Waals surface area contributed by atoms with Gasteiger partial charge in [0.1, 0.15) is 5.82 Å². The third-order valence-corrected chi connectivity index (χ3v) is 1.57. The van der Waals surface area contributed by atoms with Crippen LogP contribution >= 0.6 is 0 Å². The zero-order valence-electron chi connectivity index (χ0n) is 7.76. The quantitative estimate of drug-likeness (QED) is 0.702. The summed E-state index contributed by atoms with van der Waals surface area (Å²) < 4.78 is 0. The molecular formula is C9H15N3. The molecule has 0 saturated heterocycles. The van der Waals surface area contributed by atoms with Gasteiger partial charge in [-0.1, -0.05) is 0 Å². The van der Waals surface area contributed by atoms with Crippen LogP contribution in [0.15, 0.2) is 12.3 Å². The average molecular weight is 165 g/mol. The number of hydrogen-bond donors (Lipinski definition) is 2. The molecule has 0 radical (unpaired) electrons. The fourth-order valence-corrected chi connectivity index (χ4v) is 0.998. The van der Waals surface area contributed by atoms with Gasteiger partial charge in [0, 0.05) is 6.04 Å².